The zero-order valence-corrected chi connectivity index (χ0v) is 32.2. The summed E-state index contributed by atoms with van der Waals surface area (Å²) in [4.78, 5) is 2.63. The molecule has 0 saturated carbocycles. The Balaban J connectivity index is 1.32. The van der Waals surface area contributed by atoms with Crippen molar-refractivity contribution in [3.05, 3.63) is 203 Å². The maximum absolute atomic E-state index is 2.65. The van der Waals surface area contributed by atoms with Gasteiger partial charge in [0.25, 0.3) is 0 Å². The van der Waals surface area contributed by atoms with E-state index in [-0.39, 0.29) is 10.8 Å². The second-order valence-electron chi connectivity index (χ2n) is 15.6. The number of unbranched alkanes of at least 4 members (excludes halogenated alkanes) is 1. The number of hydrogen-bond donors (Lipinski definition) is 0. The van der Waals surface area contributed by atoms with E-state index in [9.17, 15) is 0 Å². The molecule has 2 heterocycles. The van der Waals surface area contributed by atoms with Crippen molar-refractivity contribution in [3.63, 3.8) is 0 Å². The maximum atomic E-state index is 2.65. The standard InChI is InChI=1S/C52H53N2/c1-4-6-36-54-47-34-33-43-27-16-17-28-44(43)50(47)51(3,37-40-21-10-7-11-22-40)48(54)31-20-32-49-52(38-41-23-12-8-13-24-41,39-42-25-14-9-15-26-42)45-29-18-19-30-46(45)53(49)35-5-2/h7-34H,4-6,35-39H2,1-3H3/q+1. The molecule has 270 valence electrons. The highest BCUT2D eigenvalue weighted by atomic mass is 15.2. The third-order valence-electron chi connectivity index (χ3n) is 11.9. The normalized spacial score (nSPS) is 18.2. The van der Waals surface area contributed by atoms with Gasteiger partial charge in [0.1, 0.15) is 6.54 Å². The van der Waals surface area contributed by atoms with E-state index in [0.29, 0.717) is 0 Å². The number of fused-ring (bicyclic) bond motifs is 4. The number of benzene rings is 6. The van der Waals surface area contributed by atoms with Gasteiger partial charge in [-0.15, -0.1) is 0 Å². The lowest BCUT2D eigenvalue weighted by Gasteiger charge is -2.34. The van der Waals surface area contributed by atoms with Crippen molar-refractivity contribution in [2.75, 3.05) is 18.0 Å². The minimum Gasteiger partial charge on any atom is -0.344 e. The summed E-state index contributed by atoms with van der Waals surface area (Å²) in [5.41, 5.74) is 12.0. The number of para-hydroxylation sites is 1. The molecule has 0 aromatic heterocycles. The smallest absolute Gasteiger partial charge is 0.210 e. The molecule has 54 heavy (non-hydrogen) atoms. The Morgan fingerprint density at radius 2 is 1.20 bits per heavy atom. The predicted octanol–water partition coefficient (Wildman–Crippen LogP) is 12.3. The molecule has 0 bridgehead atoms. The molecule has 2 aliphatic heterocycles. The fraction of sp³-hybridized carbons (Fsp3) is 0.250. The first-order valence-electron chi connectivity index (χ1n) is 20.1. The largest absolute Gasteiger partial charge is 0.344 e. The summed E-state index contributed by atoms with van der Waals surface area (Å²) in [5, 5.41) is 2.67. The summed E-state index contributed by atoms with van der Waals surface area (Å²) in [6, 6.07) is 56.3. The van der Waals surface area contributed by atoms with Gasteiger partial charge in [-0.25, -0.2) is 0 Å². The predicted molar refractivity (Wildman–Crippen MR) is 229 cm³/mol. The van der Waals surface area contributed by atoms with Gasteiger partial charge in [-0.05, 0) is 83.8 Å². The second-order valence-corrected chi connectivity index (χ2v) is 15.6. The Morgan fingerprint density at radius 3 is 1.85 bits per heavy atom. The molecule has 2 aliphatic rings. The first-order valence-corrected chi connectivity index (χ1v) is 20.1. The number of rotatable bonds is 13. The van der Waals surface area contributed by atoms with E-state index in [1.807, 2.05) is 0 Å². The van der Waals surface area contributed by atoms with Crippen LogP contribution in [0.3, 0.4) is 0 Å². The van der Waals surface area contributed by atoms with Crippen molar-refractivity contribution in [2.45, 2.75) is 70.1 Å². The first-order chi connectivity index (χ1) is 26.6. The molecule has 0 amide bonds. The Kier molecular flexibility index (Phi) is 10.2. The van der Waals surface area contributed by atoms with Crippen molar-refractivity contribution in [2.24, 2.45) is 0 Å². The van der Waals surface area contributed by atoms with Gasteiger partial charge in [0.15, 0.2) is 5.71 Å². The molecule has 8 rings (SSSR count). The Hall–Kier alpha value is -5.47. The van der Waals surface area contributed by atoms with Gasteiger partial charge in [0, 0.05) is 47.5 Å². The summed E-state index contributed by atoms with van der Waals surface area (Å²) in [5.74, 6) is 0. The van der Waals surface area contributed by atoms with E-state index in [2.05, 4.69) is 200 Å². The van der Waals surface area contributed by atoms with Crippen molar-refractivity contribution in [1.82, 2.24) is 0 Å². The molecule has 6 aromatic rings. The molecule has 1 atom stereocenters. The SMILES string of the molecule is CCCC[N+]1=C(C=CC=C2N(CCC)c3ccccc3C2(Cc2ccccc2)Cc2ccccc2)C(C)(Cc2ccccc2)c2c1ccc1ccccc21. The van der Waals surface area contributed by atoms with Crippen LogP contribution in [-0.4, -0.2) is 23.4 Å². The van der Waals surface area contributed by atoms with Gasteiger partial charge >= 0.3 is 0 Å². The highest BCUT2D eigenvalue weighted by Gasteiger charge is 2.49. The molecule has 0 radical (unpaired) electrons. The molecule has 1 unspecified atom stereocenters. The minimum absolute atomic E-state index is 0.215. The third kappa shape index (κ3) is 6.53. The number of anilines is 1. The molecule has 6 aromatic carbocycles. The fourth-order valence-electron chi connectivity index (χ4n) is 9.54. The molecule has 0 spiro atoms. The van der Waals surface area contributed by atoms with Crippen LogP contribution in [0.15, 0.2) is 176 Å². The van der Waals surface area contributed by atoms with Crippen LogP contribution >= 0.6 is 0 Å². The van der Waals surface area contributed by atoms with E-state index in [1.54, 1.807) is 0 Å². The van der Waals surface area contributed by atoms with Crippen molar-refractivity contribution >= 4 is 27.9 Å². The highest BCUT2D eigenvalue weighted by Crippen LogP contribution is 2.52. The van der Waals surface area contributed by atoms with Crippen molar-refractivity contribution < 1.29 is 4.58 Å². The Labute approximate surface area is 322 Å². The van der Waals surface area contributed by atoms with Crippen molar-refractivity contribution in [3.8, 4) is 0 Å². The van der Waals surface area contributed by atoms with Crippen LogP contribution in [0.4, 0.5) is 11.4 Å². The molecular weight excluding hydrogens is 653 g/mol. The van der Waals surface area contributed by atoms with Crippen LogP contribution in [0.5, 0.6) is 0 Å². The minimum atomic E-state index is -0.229. The summed E-state index contributed by atoms with van der Waals surface area (Å²) in [6.45, 7) is 9.08. The molecule has 0 saturated heterocycles. The second kappa shape index (κ2) is 15.5. The van der Waals surface area contributed by atoms with Crippen LogP contribution < -0.4 is 4.90 Å². The van der Waals surface area contributed by atoms with E-state index in [0.717, 1.165) is 51.6 Å². The van der Waals surface area contributed by atoms with E-state index in [1.165, 1.54) is 61.4 Å². The molecular formula is C52H53N2+. The van der Waals surface area contributed by atoms with Gasteiger partial charge in [-0.3, -0.25) is 0 Å². The van der Waals surface area contributed by atoms with Gasteiger partial charge in [0.05, 0.1) is 5.41 Å². The first kappa shape index (κ1) is 35.6. The average molecular weight is 706 g/mol. The van der Waals surface area contributed by atoms with Crippen LogP contribution in [0.25, 0.3) is 10.8 Å². The zero-order valence-electron chi connectivity index (χ0n) is 32.2. The molecule has 2 heteroatoms. The topological polar surface area (TPSA) is 6.25 Å². The van der Waals surface area contributed by atoms with Crippen LogP contribution in [0.1, 0.15) is 67.9 Å². The average Bonchev–Trinajstić information content (AvgIpc) is 3.59. The summed E-state index contributed by atoms with van der Waals surface area (Å²) in [7, 11) is 0. The molecule has 2 nitrogen and oxygen atoms in total. The summed E-state index contributed by atoms with van der Waals surface area (Å²) in [6.07, 6.45) is 13.5. The van der Waals surface area contributed by atoms with Gasteiger partial charge in [-0.1, -0.05) is 160 Å². The van der Waals surface area contributed by atoms with Crippen LogP contribution in [0.2, 0.25) is 0 Å². The number of allylic oxidation sites excluding steroid dienone is 4. The Morgan fingerprint density at radius 1 is 0.611 bits per heavy atom. The van der Waals surface area contributed by atoms with Crippen LogP contribution in [-0.2, 0) is 30.1 Å². The van der Waals surface area contributed by atoms with Gasteiger partial charge < -0.3 is 4.90 Å². The van der Waals surface area contributed by atoms with Crippen molar-refractivity contribution in [1.29, 1.82) is 0 Å². The number of hydrogen-bond acceptors (Lipinski definition) is 1. The van der Waals surface area contributed by atoms with Gasteiger partial charge in [-0.2, -0.15) is 4.58 Å². The lowest BCUT2D eigenvalue weighted by molar-refractivity contribution is -0.438. The Bertz CT molecular complexity index is 2270. The summed E-state index contributed by atoms with van der Waals surface area (Å²) >= 11 is 0. The fourth-order valence-corrected chi connectivity index (χ4v) is 9.54. The lowest BCUT2D eigenvalue weighted by atomic mass is 9.70. The van der Waals surface area contributed by atoms with E-state index in [4.69, 9.17) is 0 Å². The lowest BCUT2D eigenvalue weighted by Crippen LogP contribution is -2.36. The number of nitrogens with zero attached hydrogens (tertiary/aromatic N) is 2. The molecule has 0 aliphatic carbocycles. The van der Waals surface area contributed by atoms with Crippen LogP contribution in [0, 0.1) is 0 Å². The molecule has 0 N–H and O–H groups in total. The zero-order chi connectivity index (χ0) is 37.0. The molecule has 0 fully saturated rings. The van der Waals surface area contributed by atoms with E-state index >= 15 is 0 Å². The third-order valence-corrected chi connectivity index (χ3v) is 11.9. The van der Waals surface area contributed by atoms with Gasteiger partial charge in [0.2, 0.25) is 5.69 Å². The monoisotopic (exact) mass is 705 g/mol. The highest BCUT2D eigenvalue weighted by molar-refractivity contribution is 6.08. The van der Waals surface area contributed by atoms with E-state index < -0.39 is 0 Å². The quantitative estimate of drug-likeness (QED) is 0.108. The summed E-state index contributed by atoms with van der Waals surface area (Å²) < 4.78 is 2.65. The maximum Gasteiger partial charge on any atom is 0.210 e.